The molecule has 3 heterocycles. The van der Waals surface area contributed by atoms with Crippen LogP contribution in [0.3, 0.4) is 0 Å². The number of aliphatic hydroxyl groups is 1. The van der Waals surface area contributed by atoms with Gasteiger partial charge in [0.1, 0.15) is 17.1 Å². The average Bonchev–Trinajstić information content (AvgIpc) is 3.49. The van der Waals surface area contributed by atoms with Crippen LogP contribution in [-0.2, 0) is 17.8 Å². The van der Waals surface area contributed by atoms with Crippen molar-refractivity contribution < 1.29 is 38.5 Å². The Kier molecular flexibility index (Phi) is 6.54. The van der Waals surface area contributed by atoms with E-state index in [1.54, 1.807) is 25.1 Å². The molecule has 6 rings (SSSR count). The largest absolute Gasteiger partial charge is 0.479 e. The summed E-state index contributed by atoms with van der Waals surface area (Å²) in [5, 5.41) is 31.8. The summed E-state index contributed by atoms with van der Waals surface area (Å²) in [5.74, 6) is -3.25. The van der Waals surface area contributed by atoms with E-state index < -0.39 is 41.9 Å². The molecule has 13 nitrogen and oxygen atoms in total. The molecule has 0 bridgehead atoms. The molecule has 1 unspecified atom stereocenters. The number of benzene rings is 2. The maximum Gasteiger partial charge on any atom is 0.335 e. The number of carbonyl (C=O) groups excluding carboxylic acids is 3. The monoisotopic (exact) mass is 574 g/mol. The Bertz CT molecular complexity index is 1810. The van der Waals surface area contributed by atoms with Crippen molar-refractivity contribution in [1.82, 2.24) is 25.2 Å². The third kappa shape index (κ3) is 4.77. The number of aromatic nitrogens is 3. The first-order valence-electron chi connectivity index (χ1n) is 12.9. The third-order valence-corrected chi connectivity index (χ3v) is 7.15. The van der Waals surface area contributed by atoms with Crippen LogP contribution < -0.4 is 20.7 Å². The van der Waals surface area contributed by atoms with Crippen LogP contribution in [0, 0.1) is 5.82 Å². The summed E-state index contributed by atoms with van der Waals surface area (Å²) in [4.78, 5) is 53.7. The number of aromatic carboxylic acids is 1. The summed E-state index contributed by atoms with van der Waals surface area (Å²) < 4.78 is 21.0. The molecule has 4 aromatic rings. The van der Waals surface area contributed by atoms with Gasteiger partial charge < -0.3 is 30.9 Å². The van der Waals surface area contributed by atoms with Gasteiger partial charge >= 0.3 is 5.97 Å². The van der Waals surface area contributed by atoms with E-state index in [-0.39, 0.29) is 41.5 Å². The van der Waals surface area contributed by atoms with Gasteiger partial charge in [0, 0.05) is 19.0 Å². The minimum Gasteiger partial charge on any atom is -0.479 e. The third-order valence-electron chi connectivity index (χ3n) is 7.15. The predicted octanol–water partition coefficient (Wildman–Crippen LogP) is 1.60. The molecule has 0 fully saturated rings. The van der Waals surface area contributed by atoms with E-state index in [2.05, 4.69) is 26.0 Å². The molecule has 42 heavy (non-hydrogen) atoms. The molecule has 1 aliphatic carbocycles. The van der Waals surface area contributed by atoms with Crippen molar-refractivity contribution in [1.29, 1.82) is 0 Å². The van der Waals surface area contributed by atoms with Gasteiger partial charge in [-0.1, -0.05) is 12.1 Å². The summed E-state index contributed by atoms with van der Waals surface area (Å²) >= 11 is 0. The zero-order valence-corrected chi connectivity index (χ0v) is 21.9. The lowest BCUT2D eigenvalue weighted by Crippen LogP contribution is -2.35. The molecular weight excluding hydrogens is 551 g/mol. The van der Waals surface area contributed by atoms with E-state index in [0.717, 1.165) is 16.8 Å². The molecule has 0 saturated heterocycles. The lowest BCUT2D eigenvalue weighted by atomic mass is 10.0. The molecule has 5 N–H and O–H groups in total. The summed E-state index contributed by atoms with van der Waals surface area (Å²) in [6.07, 6.45) is -0.694. The summed E-state index contributed by atoms with van der Waals surface area (Å²) in [6, 6.07) is 9.63. The number of nitrogens with zero attached hydrogens (tertiary/aromatic N) is 3. The number of ether oxygens (including phenoxy) is 1. The second kappa shape index (κ2) is 10.2. The van der Waals surface area contributed by atoms with E-state index in [1.807, 2.05) is 0 Å². The molecule has 214 valence electrons. The van der Waals surface area contributed by atoms with Crippen molar-refractivity contribution in [2.24, 2.45) is 0 Å². The van der Waals surface area contributed by atoms with Crippen LogP contribution in [0.15, 0.2) is 48.7 Å². The van der Waals surface area contributed by atoms with Crippen LogP contribution in [0.25, 0.3) is 5.65 Å². The predicted molar refractivity (Wildman–Crippen MR) is 143 cm³/mol. The van der Waals surface area contributed by atoms with Crippen molar-refractivity contribution in [3.63, 3.8) is 0 Å². The Balaban J connectivity index is 1.23. The molecule has 1 aliphatic heterocycles. The van der Waals surface area contributed by atoms with Crippen molar-refractivity contribution in [3.8, 4) is 5.75 Å². The van der Waals surface area contributed by atoms with Crippen molar-refractivity contribution in [3.05, 3.63) is 88.1 Å². The Labute approximate surface area is 236 Å². The topological polar surface area (TPSA) is 184 Å². The van der Waals surface area contributed by atoms with Crippen LogP contribution in [0.2, 0.25) is 0 Å². The van der Waals surface area contributed by atoms with Crippen LogP contribution in [0.5, 0.6) is 5.75 Å². The molecule has 0 radical (unpaired) electrons. The van der Waals surface area contributed by atoms with E-state index in [0.29, 0.717) is 28.1 Å². The fourth-order valence-electron chi connectivity index (χ4n) is 5.01. The van der Waals surface area contributed by atoms with Crippen molar-refractivity contribution >= 4 is 35.0 Å². The van der Waals surface area contributed by atoms with Gasteiger partial charge in [0.2, 0.25) is 0 Å². The van der Waals surface area contributed by atoms with E-state index in [4.69, 9.17) is 4.74 Å². The summed E-state index contributed by atoms with van der Waals surface area (Å²) in [6.45, 7) is 1.65. The second-order valence-electron chi connectivity index (χ2n) is 9.96. The van der Waals surface area contributed by atoms with Crippen molar-refractivity contribution in [2.75, 3.05) is 5.32 Å². The zero-order valence-electron chi connectivity index (χ0n) is 21.9. The van der Waals surface area contributed by atoms with Crippen LogP contribution >= 0.6 is 0 Å². The minimum atomic E-state index is -1.12. The van der Waals surface area contributed by atoms with E-state index in [9.17, 15) is 33.8 Å². The number of rotatable bonds is 6. The quantitative estimate of drug-likeness (QED) is 0.228. The minimum absolute atomic E-state index is 0.0249. The van der Waals surface area contributed by atoms with Crippen LogP contribution in [0.1, 0.15) is 61.0 Å². The Hall–Kier alpha value is -5.37. The fourth-order valence-corrected chi connectivity index (χ4v) is 5.01. The first-order chi connectivity index (χ1) is 20.1. The molecule has 0 spiro atoms. The number of hydrogen-bond donors (Lipinski definition) is 5. The maximum absolute atomic E-state index is 14.5. The number of carboxylic acid groups (broad SMARTS) is 1. The summed E-state index contributed by atoms with van der Waals surface area (Å²) in [5.41, 5.74) is 1.43. The number of hydrogen-bond acceptors (Lipinski definition) is 8. The fraction of sp³-hybridized carbons (Fsp3) is 0.214. The number of nitrogens with one attached hydrogen (secondary N) is 3. The number of halogens is 1. The molecule has 3 amide bonds. The molecule has 0 saturated carbocycles. The first kappa shape index (κ1) is 26.8. The molecule has 3 atom stereocenters. The SMILES string of the molecule is CC1Oc2ccc(CNC(=O)c3cc(C(=O)N[C@@H]4c5ccc(C(=O)O)cc5C[C@H]4O)n4ncc(F)c4n3)cc2NC1=O. The Morgan fingerprint density at radius 1 is 1.17 bits per heavy atom. The smallest absolute Gasteiger partial charge is 0.335 e. The first-order valence-corrected chi connectivity index (χ1v) is 12.9. The molecular formula is C28H23FN6O7. The van der Waals surface area contributed by atoms with Crippen molar-refractivity contribution in [2.45, 2.75) is 38.1 Å². The number of fused-ring (bicyclic) bond motifs is 3. The normalized spacial score (nSPS) is 18.9. The van der Waals surface area contributed by atoms with Crippen LogP contribution in [0.4, 0.5) is 10.1 Å². The Morgan fingerprint density at radius 3 is 2.76 bits per heavy atom. The number of carboxylic acids is 1. The van der Waals surface area contributed by atoms with Gasteiger partial charge in [0.05, 0.1) is 29.6 Å². The second-order valence-corrected chi connectivity index (χ2v) is 9.96. The molecule has 2 aromatic heterocycles. The zero-order chi connectivity index (χ0) is 29.7. The number of amides is 3. The molecule has 2 aromatic carbocycles. The van der Waals surface area contributed by atoms with Gasteiger partial charge in [-0.25, -0.2) is 18.7 Å². The number of aliphatic hydroxyl groups excluding tert-OH is 1. The summed E-state index contributed by atoms with van der Waals surface area (Å²) in [7, 11) is 0. The van der Waals surface area contributed by atoms with Crippen LogP contribution in [-0.4, -0.2) is 60.7 Å². The van der Waals surface area contributed by atoms with Gasteiger partial charge in [-0.05, 0) is 47.9 Å². The highest BCUT2D eigenvalue weighted by molar-refractivity contribution is 5.99. The van der Waals surface area contributed by atoms with E-state index in [1.165, 1.54) is 18.2 Å². The highest BCUT2D eigenvalue weighted by atomic mass is 19.1. The van der Waals surface area contributed by atoms with Gasteiger partial charge in [-0.2, -0.15) is 5.10 Å². The maximum atomic E-state index is 14.5. The van der Waals surface area contributed by atoms with Gasteiger partial charge in [0.15, 0.2) is 17.6 Å². The lowest BCUT2D eigenvalue weighted by molar-refractivity contribution is -0.122. The lowest BCUT2D eigenvalue weighted by Gasteiger charge is -2.23. The molecule has 14 heteroatoms. The number of anilines is 1. The highest BCUT2D eigenvalue weighted by Crippen LogP contribution is 2.33. The standard InChI is InChI=1S/C28H23FN6O7/c1-12-25(37)33-18-6-13(2-5-22(18)42-12)10-30-26(38)19-9-20(35-24(32-19)17(29)11-31-35)27(39)34-23-16-4-3-14(28(40)41)7-15(16)8-21(23)36/h2-7,9,11-12,21,23,36H,8,10H2,1H3,(H,30,38)(H,33,37)(H,34,39)(H,40,41)/t12?,21-,23-/m1/s1. The van der Waals surface area contributed by atoms with E-state index >= 15 is 0 Å². The van der Waals surface area contributed by atoms with Gasteiger partial charge in [0.25, 0.3) is 17.7 Å². The van der Waals surface area contributed by atoms with Gasteiger partial charge in [-0.3, -0.25) is 14.4 Å². The highest BCUT2D eigenvalue weighted by Gasteiger charge is 2.34. The average molecular weight is 575 g/mol. The molecule has 2 aliphatic rings. The number of carbonyl (C=O) groups is 4. The Morgan fingerprint density at radius 2 is 1.98 bits per heavy atom. The van der Waals surface area contributed by atoms with Gasteiger partial charge in [-0.15, -0.1) is 0 Å².